The van der Waals surface area contributed by atoms with Gasteiger partial charge in [-0.05, 0) is 77.0 Å². The maximum absolute atomic E-state index is 12.7. The Morgan fingerprint density at radius 2 is 1.17 bits per heavy atom. The predicted octanol–water partition coefficient (Wildman–Crippen LogP) is 10.7. The molecule has 0 aromatic carbocycles. The van der Waals surface area contributed by atoms with Crippen LogP contribution in [0.2, 0.25) is 0 Å². The average molecular weight is 844 g/mol. The number of allylic oxidation sites excluding steroid dienone is 16. The number of hydrogen-bond acceptors (Lipinski definition) is 9. The Balaban J connectivity index is 4.65. The molecule has 10 nitrogen and oxygen atoms in total. The lowest BCUT2D eigenvalue weighted by Gasteiger charge is -2.28. The topological polar surface area (TPSA) is 131 Å². The molecule has 0 spiro atoms. The first-order chi connectivity index (χ1) is 28.4. The Labute approximate surface area is 358 Å². The molecule has 0 aromatic rings. The molecule has 3 atom stereocenters. The molecule has 0 aliphatic rings. The highest BCUT2D eigenvalue weighted by Crippen LogP contribution is 2.38. The van der Waals surface area contributed by atoms with E-state index in [1.54, 1.807) is 18.2 Å². The fraction of sp³-hybridized carbons (Fsp3) is 0.583. The fourth-order valence-corrected chi connectivity index (χ4v) is 5.74. The van der Waals surface area contributed by atoms with Gasteiger partial charge in [0.25, 0.3) is 7.82 Å². The van der Waals surface area contributed by atoms with E-state index in [1.165, 1.54) is 0 Å². The van der Waals surface area contributed by atoms with Crippen molar-refractivity contribution in [2.75, 3.05) is 47.5 Å². The largest absolute Gasteiger partial charge is 0.756 e. The smallest absolute Gasteiger partial charge is 0.306 e. The number of aliphatic hydroxyl groups excluding tert-OH is 1. The second-order valence-electron chi connectivity index (χ2n) is 15.1. The van der Waals surface area contributed by atoms with Crippen molar-refractivity contribution in [2.24, 2.45) is 0 Å². The van der Waals surface area contributed by atoms with E-state index < -0.39 is 38.6 Å². The molecule has 59 heavy (non-hydrogen) atoms. The summed E-state index contributed by atoms with van der Waals surface area (Å²) in [6.07, 6.45) is 48.7. The molecule has 1 N–H and O–H groups in total. The number of ether oxygens (including phenoxy) is 2. The molecule has 0 saturated carbocycles. The summed E-state index contributed by atoms with van der Waals surface area (Å²) >= 11 is 0. The Hall–Kier alpha value is -3.37. The van der Waals surface area contributed by atoms with Gasteiger partial charge in [-0.1, -0.05) is 142 Å². The van der Waals surface area contributed by atoms with Gasteiger partial charge >= 0.3 is 11.9 Å². The first-order valence-electron chi connectivity index (χ1n) is 21.7. The van der Waals surface area contributed by atoms with Crippen LogP contribution in [-0.2, 0) is 32.7 Å². The molecular weight excluding hydrogens is 766 g/mol. The maximum Gasteiger partial charge on any atom is 0.306 e. The summed E-state index contributed by atoms with van der Waals surface area (Å²) in [4.78, 5) is 37.5. The molecule has 0 aromatic heterocycles. The highest BCUT2D eigenvalue weighted by molar-refractivity contribution is 7.45. The first kappa shape index (κ1) is 55.6. The SMILES string of the molecule is CC/C=C\C/C=C\C/C=C\C/C=C\C=C/C(O)C/C=C\CCC(=O)O[C@H](COC(=O)CCCCCCC/C=C\C/C=C\C/C=C\CC)COP(=O)([O-])OCC[N+](C)(C)C. The molecule has 0 rings (SSSR count). The Morgan fingerprint density at radius 1 is 0.627 bits per heavy atom. The number of carbonyl (C=O) groups is 2. The molecule has 0 radical (unpaired) electrons. The number of rotatable bonds is 37. The lowest BCUT2D eigenvalue weighted by atomic mass is 10.1. The number of esters is 2. The van der Waals surface area contributed by atoms with E-state index in [1.807, 2.05) is 39.4 Å². The Kier molecular flexibility index (Phi) is 36.6. The molecule has 2 unspecified atom stereocenters. The van der Waals surface area contributed by atoms with Crippen LogP contribution in [0, 0.1) is 0 Å². The van der Waals surface area contributed by atoms with E-state index in [4.69, 9.17) is 18.5 Å². The standard InChI is InChI=1S/C48H78NO9P/c1-6-8-10-12-14-16-18-20-21-23-25-27-29-31-35-39-47(51)55-43-46(44-57-59(53,54)56-42-41-49(3,4)5)58-48(52)40-36-32-34-38-45(50)37-33-30-28-26-24-22-19-17-15-13-11-9-7-2/h8-11,14-17,20-22,24,28,30,32-34,37,45-46,50H,6-7,12-13,18-19,23,25-27,29,31,35-36,38-44H2,1-5H3/b10-8-,11-9-,16-14-,17-15-,21-20-,24-22-,30-28-,34-32-,37-33-/t45?,46-/m1/s1. The zero-order chi connectivity index (χ0) is 43.7. The monoisotopic (exact) mass is 844 g/mol. The Bertz CT molecular complexity index is 1380. The van der Waals surface area contributed by atoms with Crippen LogP contribution in [-0.4, -0.2) is 81.2 Å². The summed E-state index contributed by atoms with van der Waals surface area (Å²) in [7, 11) is 1.02. The van der Waals surface area contributed by atoms with Gasteiger partial charge in [-0.2, -0.15) is 0 Å². The summed E-state index contributed by atoms with van der Waals surface area (Å²) in [6, 6.07) is 0. The van der Waals surface area contributed by atoms with Crippen LogP contribution in [0.3, 0.4) is 0 Å². The van der Waals surface area contributed by atoms with Crippen LogP contribution in [0.5, 0.6) is 0 Å². The van der Waals surface area contributed by atoms with Crippen LogP contribution in [0.1, 0.15) is 123 Å². The number of quaternary nitrogens is 1. The van der Waals surface area contributed by atoms with Crippen LogP contribution < -0.4 is 4.89 Å². The summed E-state index contributed by atoms with van der Waals surface area (Å²) in [5, 5.41) is 10.2. The van der Waals surface area contributed by atoms with E-state index in [0.29, 0.717) is 30.3 Å². The van der Waals surface area contributed by atoms with Gasteiger partial charge in [0.2, 0.25) is 0 Å². The third-order valence-corrected chi connectivity index (χ3v) is 9.35. The normalized spacial score (nSPS) is 15.2. The Morgan fingerprint density at radius 3 is 1.78 bits per heavy atom. The van der Waals surface area contributed by atoms with Crippen LogP contribution in [0.15, 0.2) is 109 Å². The first-order valence-corrected chi connectivity index (χ1v) is 23.2. The van der Waals surface area contributed by atoms with Crippen LogP contribution in [0.25, 0.3) is 0 Å². The molecular formula is C48H78NO9P. The summed E-state index contributed by atoms with van der Waals surface area (Å²) < 4.78 is 33.7. The lowest BCUT2D eigenvalue weighted by molar-refractivity contribution is -0.870. The maximum atomic E-state index is 12.7. The highest BCUT2D eigenvalue weighted by Gasteiger charge is 2.21. The minimum atomic E-state index is -4.69. The van der Waals surface area contributed by atoms with Gasteiger partial charge in [0.05, 0.1) is 33.9 Å². The number of phosphoric acid groups is 1. The number of hydrogen-bond donors (Lipinski definition) is 1. The summed E-state index contributed by atoms with van der Waals surface area (Å²) in [5.41, 5.74) is 0. The van der Waals surface area contributed by atoms with Gasteiger partial charge in [-0.15, -0.1) is 0 Å². The zero-order valence-corrected chi connectivity index (χ0v) is 37.9. The molecule has 334 valence electrons. The molecule has 0 amide bonds. The molecule has 0 saturated heterocycles. The summed E-state index contributed by atoms with van der Waals surface area (Å²) in [6.45, 7) is 3.73. The van der Waals surface area contributed by atoms with Gasteiger partial charge in [0.1, 0.15) is 19.8 Å². The molecule has 0 aliphatic heterocycles. The molecule has 0 fully saturated rings. The second-order valence-corrected chi connectivity index (χ2v) is 16.6. The quantitative estimate of drug-likeness (QED) is 0.0162. The van der Waals surface area contributed by atoms with Gasteiger partial charge < -0.3 is 33.0 Å². The van der Waals surface area contributed by atoms with E-state index in [2.05, 4.69) is 86.8 Å². The highest BCUT2D eigenvalue weighted by atomic mass is 31.2. The van der Waals surface area contributed by atoms with Crippen molar-refractivity contribution in [3.8, 4) is 0 Å². The van der Waals surface area contributed by atoms with Gasteiger partial charge in [-0.25, -0.2) is 0 Å². The lowest BCUT2D eigenvalue weighted by Crippen LogP contribution is -2.37. The molecule has 0 bridgehead atoms. The fourth-order valence-electron chi connectivity index (χ4n) is 5.01. The number of aliphatic hydroxyl groups is 1. The number of carbonyl (C=O) groups excluding carboxylic acids is 2. The van der Waals surface area contributed by atoms with Crippen molar-refractivity contribution in [1.82, 2.24) is 0 Å². The number of phosphoric ester groups is 1. The predicted molar refractivity (Wildman–Crippen MR) is 241 cm³/mol. The van der Waals surface area contributed by atoms with Gasteiger partial charge in [0.15, 0.2) is 6.10 Å². The van der Waals surface area contributed by atoms with E-state index in [0.717, 1.165) is 77.0 Å². The van der Waals surface area contributed by atoms with E-state index >= 15 is 0 Å². The second kappa shape index (κ2) is 38.8. The third-order valence-electron chi connectivity index (χ3n) is 8.38. The zero-order valence-electron chi connectivity index (χ0n) is 37.0. The third kappa shape index (κ3) is 42.6. The van der Waals surface area contributed by atoms with Crippen molar-refractivity contribution < 1.29 is 47.2 Å². The van der Waals surface area contributed by atoms with Gasteiger partial charge in [-0.3, -0.25) is 14.2 Å². The average Bonchev–Trinajstić information content (AvgIpc) is 3.18. The summed E-state index contributed by atoms with van der Waals surface area (Å²) in [5.74, 6) is -1.05. The minimum Gasteiger partial charge on any atom is -0.756 e. The van der Waals surface area contributed by atoms with E-state index in [-0.39, 0.29) is 26.1 Å². The molecule has 0 aliphatic carbocycles. The van der Waals surface area contributed by atoms with E-state index in [9.17, 15) is 24.2 Å². The van der Waals surface area contributed by atoms with Crippen molar-refractivity contribution in [3.05, 3.63) is 109 Å². The van der Waals surface area contributed by atoms with Crippen LogP contribution in [0.4, 0.5) is 0 Å². The minimum absolute atomic E-state index is 0.00759. The van der Waals surface area contributed by atoms with Crippen molar-refractivity contribution in [3.63, 3.8) is 0 Å². The number of likely N-dealkylation sites (N-methyl/N-ethyl adjacent to an activating group) is 1. The van der Waals surface area contributed by atoms with Crippen molar-refractivity contribution >= 4 is 19.8 Å². The molecule has 11 heteroatoms. The van der Waals surface area contributed by atoms with Gasteiger partial charge in [0, 0.05) is 12.8 Å². The van der Waals surface area contributed by atoms with Crippen LogP contribution >= 0.6 is 7.82 Å². The van der Waals surface area contributed by atoms with Crippen molar-refractivity contribution in [2.45, 2.75) is 135 Å². The number of unbranched alkanes of at least 4 members (excludes halogenated alkanes) is 5. The van der Waals surface area contributed by atoms with Crippen molar-refractivity contribution in [1.29, 1.82) is 0 Å². The molecule has 0 heterocycles. The number of nitrogens with zero attached hydrogens (tertiary/aromatic N) is 1.